The molecular weight excluding hydrogens is 251 g/mol. The molecule has 0 fully saturated rings. The van der Waals surface area contributed by atoms with Crippen LogP contribution in [0.2, 0.25) is 0 Å². The maximum atomic E-state index is 5.66. The van der Waals surface area contributed by atoms with Crippen molar-refractivity contribution in [3.8, 4) is 0 Å². The van der Waals surface area contributed by atoms with Crippen LogP contribution in [0.5, 0.6) is 0 Å². The topological polar surface area (TPSA) is 9.23 Å². The van der Waals surface area contributed by atoms with E-state index in [1.54, 1.807) is 0 Å². The second-order valence-corrected chi connectivity index (χ2v) is 11.1. The second kappa shape index (κ2) is 13.4. The summed E-state index contributed by atoms with van der Waals surface area (Å²) in [4.78, 5) is 0. The molecule has 0 N–H and O–H groups in total. The van der Waals surface area contributed by atoms with Crippen LogP contribution in [0.3, 0.4) is 0 Å². The Morgan fingerprint density at radius 3 is 1.26 bits per heavy atom. The summed E-state index contributed by atoms with van der Waals surface area (Å²) in [5, 5.41) is 0. The molecule has 0 aromatic heterocycles. The SMILES string of the molecule is CCCCC[PH](CCCCC)(CCCCC)COC. The molecule has 0 aliphatic carbocycles. The van der Waals surface area contributed by atoms with E-state index in [1.807, 2.05) is 7.11 Å². The number of hydrogen-bond acceptors (Lipinski definition) is 1. The minimum absolute atomic E-state index is 1.12. The number of methoxy groups -OCH3 is 1. The van der Waals surface area contributed by atoms with Crippen LogP contribution in [0, 0.1) is 0 Å². The fourth-order valence-corrected chi connectivity index (χ4v) is 7.94. The van der Waals surface area contributed by atoms with Crippen LogP contribution in [-0.2, 0) is 4.74 Å². The predicted molar refractivity (Wildman–Crippen MR) is 93.4 cm³/mol. The van der Waals surface area contributed by atoms with E-state index in [0.29, 0.717) is 0 Å². The van der Waals surface area contributed by atoms with Crippen molar-refractivity contribution in [2.24, 2.45) is 0 Å². The van der Waals surface area contributed by atoms with Gasteiger partial charge >= 0.3 is 123 Å². The molecule has 0 unspecified atom stereocenters. The van der Waals surface area contributed by atoms with Gasteiger partial charge in [-0.05, 0) is 0 Å². The molecule has 0 rings (SSSR count). The number of unbranched alkanes of at least 4 members (excludes halogenated alkanes) is 6. The summed E-state index contributed by atoms with van der Waals surface area (Å²) in [5.41, 5.74) is 0. The molecule has 0 aliphatic rings. The van der Waals surface area contributed by atoms with Crippen molar-refractivity contribution in [3.05, 3.63) is 0 Å². The minimum atomic E-state index is -1.13. The average molecular weight is 290 g/mol. The van der Waals surface area contributed by atoms with Gasteiger partial charge in [-0.2, -0.15) is 0 Å². The fourth-order valence-electron chi connectivity index (χ4n) is 3.15. The molecule has 0 saturated heterocycles. The third kappa shape index (κ3) is 9.85. The van der Waals surface area contributed by atoms with Gasteiger partial charge in [-0.1, -0.05) is 0 Å². The molecule has 0 bridgehead atoms. The van der Waals surface area contributed by atoms with Gasteiger partial charge in [0, 0.05) is 0 Å². The summed E-state index contributed by atoms with van der Waals surface area (Å²) < 4.78 is 5.66. The van der Waals surface area contributed by atoms with Crippen LogP contribution in [0.15, 0.2) is 0 Å². The van der Waals surface area contributed by atoms with Crippen molar-refractivity contribution in [1.29, 1.82) is 0 Å². The van der Waals surface area contributed by atoms with Gasteiger partial charge in [-0.3, -0.25) is 0 Å². The predicted octanol–water partition coefficient (Wildman–Crippen LogP) is 5.91. The average Bonchev–Trinajstić information content (AvgIpc) is 2.40. The Morgan fingerprint density at radius 2 is 1.00 bits per heavy atom. The normalized spacial score (nSPS) is 12.8. The van der Waals surface area contributed by atoms with E-state index in [-0.39, 0.29) is 0 Å². The van der Waals surface area contributed by atoms with Gasteiger partial charge in [0.1, 0.15) is 0 Å². The molecule has 0 saturated carbocycles. The summed E-state index contributed by atoms with van der Waals surface area (Å²) in [6, 6.07) is 0. The molecule has 1 nitrogen and oxygen atoms in total. The molecular formula is C17H39OP. The van der Waals surface area contributed by atoms with Crippen molar-refractivity contribution in [2.45, 2.75) is 78.6 Å². The standard InChI is InChI=1S/C17H39OP/c1-5-8-11-14-19(17-18-4,15-12-9-6-2)16-13-10-7-3/h19H,5-17H2,1-4H3. The first-order chi connectivity index (χ1) is 9.24. The Kier molecular flexibility index (Phi) is 13.7. The summed E-state index contributed by atoms with van der Waals surface area (Å²) in [7, 11) is 0.788. The molecule has 0 spiro atoms. The number of hydrogen-bond donors (Lipinski definition) is 0. The van der Waals surface area contributed by atoms with Gasteiger partial charge in [-0.25, -0.2) is 0 Å². The van der Waals surface area contributed by atoms with Crippen molar-refractivity contribution in [3.63, 3.8) is 0 Å². The molecule has 0 heterocycles. The van der Waals surface area contributed by atoms with Crippen LogP contribution in [0.4, 0.5) is 0 Å². The van der Waals surface area contributed by atoms with Crippen molar-refractivity contribution < 1.29 is 4.74 Å². The molecule has 0 amide bonds. The zero-order chi connectivity index (χ0) is 14.4. The molecule has 0 atom stereocenters. The van der Waals surface area contributed by atoms with Crippen LogP contribution in [-0.4, -0.2) is 31.9 Å². The Labute approximate surface area is 123 Å². The van der Waals surface area contributed by atoms with Crippen molar-refractivity contribution >= 4 is 7.26 Å². The number of rotatable bonds is 14. The first-order valence-electron chi connectivity index (χ1n) is 8.73. The monoisotopic (exact) mass is 290 g/mol. The number of ether oxygens (including phenoxy) is 1. The third-order valence-electron chi connectivity index (χ3n) is 4.38. The van der Waals surface area contributed by atoms with E-state index in [4.69, 9.17) is 4.74 Å². The van der Waals surface area contributed by atoms with Gasteiger partial charge in [0.2, 0.25) is 0 Å². The van der Waals surface area contributed by atoms with E-state index in [2.05, 4.69) is 20.8 Å². The van der Waals surface area contributed by atoms with Gasteiger partial charge in [0.05, 0.1) is 0 Å². The first kappa shape index (κ1) is 19.4. The van der Waals surface area contributed by atoms with E-state index in [9.17, 15) is 0 Å². The Balaban J connectivity index is 4.37. The molecule has 2 heteroatoms. The Hall–Kier alpha value is 0.390. The van der Waals surface area contributed by atoms with Gasteiger partial charge in [-0.15, -0.1) is 0 Å². The Morgan fingerprint density at radius 1 is 0.632 bits per heavy atom. The molecule has 118 valence electrons. The second-order valence-electron chi connectivity index (χ2n) is 6.30. The summed E-state index contributed by atoms with van der Waals surface area (Å²) in [6.45, 7) is 6.94. The van der Waals surface area contributed by atoms with E-state index >= 15 is 0 Å². The maximum absolute atomic E-state index is 5.66. The molecule has 0 aromatic rings. The van der Waals surface area contributed by atoms with Gasteiger partial charge in [0.25, 0.3) is 0 Å². The molecule has 0 aliphatic heterocycles. The summed E-state index contributed by atoms with van der Waals surface area (Å²) in [5.74, 6) is 0. The first-order valence-corrected chi connectivity index (χ1v) is 11.6. The summed E-state index contributed by atoms with van der Waals surface area (Å²) in [6.07, 6.45) is 18.3. The van der Waals surface area contributed by atoms with Crippen molar-refractivity contribution in [1.82, 2.24) is 0 Å². The van der Waals surface area contributed by atoms with Crippen LogP contribution in [0.25, 0.3) is 0 Å². The van der Waals surface area contributed by atoms with E-state index < -0.39 is 7.26 Å². The summed E-state index contributed by atoms with van der Waals surface area (Å²) >= 11 is 0. The van der Waals surface area contributed by atoms with Gasteiger partial charge in [0.15, 0.2) is 0 Å². The fraction of sp³-hybridized carbons (Fsp3) is 1.00. The van der Waals surface area contributed by atoms with Crippen LogP contribution in [0.1, 0.15) is 78.6 Å². The molecule has 0 radical (unpaired) electrons. The Bertz CT molecular complexity index is 156. The molecule has 0 aromatic carbocycles. The molecule has 19 heavy (non-hydrogen) atoms. The van der Waals surface area contributed by atoms with Gasteiger partial charge < -0.3 is 0 Å². The van der Waals surface area contributed by atoms with E-state index in [1.165, 1.54) is 76.3 Å². The van der Waals surface area contributed by atoms with Crippen LogP contribution >= 0.6 is 7.26 Å². The zero-order valence-corrected chi connectivity index (χ0v) is 15.1. The van der Waals surface area contributed by atoms with E-state index in [0.717, 1.165) is 6.35 Å². The van der Waals surface area contributed by atoms with Crippen LogP contribution < -0.4 is 0 Å². The third-order valence-corrected chi connectivity index (χ3v) is 9.53. The quantitative estimate of drug-likeness (QED) is 0.285. The van der Waals surface area contributed by atoms with Crippen molar-refractivity contribution in [2.75, 3.05) is 31.9 Å². The zero-order valence-electron chi connectivity index (χ0n) is 14.1.